The average molecular weight is 508 g/mol. The van der Waals surface area contributed by atoms with Crippen molar-refractivity contribution in [1.29, 1.82) is 0 Å². The van der Waals surface area contributed by atoms with Gasteiger partial charge in [0, 0.05) is 25.2 Å². The summed E-state index contributed by atoms with van der Waals surface area (Å²) in [5, 5.41) is 9.64. The van der Waals surface area contributed by atoms with Crippen molar-refractivity contribution in [2.75, 3.05) is 6.61 Å². The molecule has 2 unspecified atom stereocenters. The highest BCUT2D eigenvalue weighted by molar-refractivity contribution is 5.77. The van der Waals surface area contributed by atoms with Crippen molar-refractivity contribution in [3.8, 4) is 11.5 Å². The Morgan fingerprint density at radius 1 is 0.778 bits per heavy atom. The van der Waals surface area contributed by atoms with Crippen LogP contribution in [0.2, 0.25) is 0 Å². The van der Waals surface area contributed by atoms with Gasteiger partial charge < -0.3 is 25.1 Å². The van der Waals surface area contributed by atoms with E-state index in [0.29, 0.717) is 5.56 Å². The molecule has 0 radical (unpaired) electrons. The Labute approximate surface area is 213 Å². The molecule has 0 spiro atoms. The van der Waals surface area contributed by atoms with Crippen LogP contribution in [0.4, 0.5) is 0 Å². The number of rotatable bonds is 14. The minimum atomic E-state index is -1.32. The van der Waals surface area contributed by atoms with E-state index in [1.165, 1.54) is 12.1 Å². The molecule has 0 amide bonds. The van der Waals surface area contributed by atoms with E-state index < -0.39 is 35.8 Å². The summed E-state index contributed by atoms with van der Waals surface area (Å²) in [7, 11) is 0. The number of carboxylic acid groups (broad SMARTS) is 1. The highest BCUT2D eigenvalue weighted by atomic mass is 16.6. The lowest BCUT2D eigenvalue weighted by molar-refractivity contribution is -0.146. The van der Waals surface area contributed by atoms with Gasteiger partial charge in [-0.1, -0.05) is 54.5 Å². The summed E-state index contributed by atoms with van der Waals surface area (Å²) < 4.78 is 16.3. The molecule has 202 valence electrons. The topological polar surface area (TPSA) is 142 Å². The standard InChI is InChI=1S/C27H41NO8/c1-15(2)10-22(29)34-14-18(7)25(26(28)27(32)33)19-8-9-20(35-23(30)11-16(3)4)21(13-19)36-24(31)12-17(5)6/h8-9,13,15-18,25-26H,10-12,14,28H2,1-7H3,(H,32,33)/t18?,25?,26-/m0/s1. The first-order valence-electron chi connectivity index (χ1n) is 12.4. The number of aliphatic carboxylic acids is 1. The van der Waals surface area contributed by atoms with E-state index in [4.69, 9.17) is 19.9 Å². The van der Waals surface area contributed by atoms with Gasteiger partial charge in [-0.3, -0.25) is 19.2 Å². The Balaban J connectivity index is 3.34. The predicted molar refractivity (Wildman–Crippen MR) is 135 cm³/mol. The summed E-state index contributed by atoms with van der Waals surface area (Å²) in [6, 6.07) is 3.19. The predicted octanol–water partition coefficient (Wildman–Crippen LogP) is 4.31. The third-order valence-electron chi connectivity index (χ3n) is 5.32. The zero-order valence-electron chi connectivity index (χ0n) is 22.4. The van der Waals surface area contributed by atoms with Crippen LogP contribution in [0.5, 0.6) is 11.5 Å². The number of esters is 3. The van der Waals surface area contributed by atoms with Gasteiger partial charge in [-0.15, -0.1) is 0 Å². The fraction of sp³-hybridized carbons (Fsp3) is 0.630. The van der Waals surface area contributed by atoms with E-state index in [1.54, 1.807) is 13.0 Å². The molecule has 36 heavy (non-hydrogen) atoms. The largest absolute Gasteiger partial charge is 0.480 e. The monoisotopic (exact) mass is 507 g/mol. The molecule has 0 fully saturated rings. The maximum absolute atomic E-state index is 12.4. The molecule has 9 heteroatoms. The van der Waals surface area contributed by atoms with Crippen LogP contribution in [0.1, 0.15) is 79.2 Å². The zero-order chi connectivity index (χ0) is 27.6. The molecule has 0 aliphatic carbocycles. The number of carboxylic acids is 1. The van der Waals surface area contributed by atoms with Crippen LogP contribution in [0.25, 0.3) is 0 Å². The summed E-state index contributed by atoms with van der Waals surface area (Å²) in [6.45, 7) is 13.0. The Hall–Kier alpha value is -2.94. The number of carbonyl (C=O) groups is 4. The molecule has 0 bridgehead atoms. The lowest BCUT2D eigenvalue weighted by Crippen LogP contribution is -2.40. The van der Waals surface area contributed by atoms with E-state index in [0.717, 1.165) is 0 Å². The van der Waals surface area contributed by atoms with Crippen LogP contribution in [-0.4, -0.2) is 41.6 Å². The van der Waals surface area contributed by atoms with E-state index >= 15 is 0 Å². The maximum atomic E-state index is 12.4. The third kappa shape index (κ3) is 10.8. The summed E-state index contributed by atoms with van der Waals surface area (Å²) in [4.78, 5) is 48.5. The highest BCUT2D eigenvalue weighted by Gasteiger charge is 2.33. The van der Waals surface area contributed by atoms with Gasteiger partial charge in [0.25, 0.3) is 0 Å². The van der Waals surface area contributed by atoms with Crippen molar-refractivity contribution in [2.45, 2.75) is 79.7 Å². The van der Waals surface area contributed by atoms with Gasteiger partial charge in [0.1, 0.15) is 6.04 Å². The van der Waals surface area contributed by atoms with Crippen molar-refractivity contribution in [3.05, 3.63) is 23.8 Å². The molecule has 3 N–H and O–H groups in total. The van der Waals surface area contributed by atoms with Crippen LogP contribution in [0.3, 0.4) is 0 Å². The van der Waals surface area contributed by atoms with E-state index in [2.05, 4.69) is 0 Å². The van der Waals surface area contributed by atoms with Gasteiger partial charge in [0.2, 0.25) is 0 Å². The molecular formula is C27H41NO8. The number of nitrogens with two attached hydrogens (primary N) is 1. The molecular weight excluding hydrogens is 466 g/mol. The zero-order valence-corrected chi connectivity index (χ0v) is 22.4. The number of carbonyl (C=O) groups excluding carboxylic acids is 3. The molecule has 1 aromatic rings. The van der Waals surface area contributed by atoms with E-state index in [1.807, 2.05) is 41.5 Å². The Kier molecular flexibility index (Phi) is 12.6. The smallest absolute Gasteiger partial charge is 0.321 e. The van der Waals surface area contributed by atoms with Gasteiger partial charge >= 0.3 is 23.9 Å². The fourth-order valence-corrected chi connectivity index (χ4v) is 3.66. The quantitative estimate of drug-likeness (QED) is 0.278. The second kappa shape index (κ2) is 14.6. The molecule has 0 aliphatic rings. The minimum absolute atomic E-state index is 0.00171. The Bertz CT molecular complexity index is 909. The number of ether oxygens (including phenoxy) is 3. The molecule has 1 rings (SSSR count). The normalized spacial score (nSPS) is 13.9. The second-order valence-corrected chi connectivity index (χ2v) is 10.5. The van der Waals surface area contributed by atoms with Crippen LogP contribution in [0.15, 0.2) is 18.2 Å². The molecule has 9 nitrogen and oxygen atoms in total. The molecule has 0 aromatic heterocycles. The van der Waals surface area contributed by atoms with Crippen LogP contribution < -0.4 is 15.2 Å². The maximum Gasteiger partial charge on any atom is 0.321 e. The first kappa shape index (κ1) is 31.1. The summed E-state index contributed by atoms with van der Waals surface area (Å²) in [5.74, 6) is -3.57. The summed E-state index contributed by atoms with van der Waals surface area (Å²) >= 11 is 0. The number of benzene rings is 1. The number of hydrogen-bond acceptors (Lipinski definition) is 8. The van der Waals surface area contributed by atoms with Crippen LogP contribution in [0, 0.1) is 23.7 Å². The minimum Gasteiger partial charge on any atom is -0.480 e. The Morgan fingerprint density at radius 3 is 1.72 bits per heavy atom. The fourth-order valence-electron chi connectivity index (χ4n) is 3.66. The Morgan fingerprint density at radius 2 is 1.25 bits per heavy atom. The molecule has 0 aliphatic heterocycles. The van der Waals surface area contributed by atoms with E-state index in [-0.39, 0.29) is 61.1 Å². The van der Waals surface area contributed by atoms with Crippen molar-refractivity contribution in [1.82, 2.24) is 0 Å². The van der Waals surface area contributed by atoms with Gasteiger partial charge in [-0.05, 0) is 41.4 Å². The first-order chi connectivity index (χ1) is 16.7. The average Bonchev–Trinajstić information content (AvgIpc) is 2.72. The molecule has 0 saturated carbocycles. The van der Waals surface area contributed by atoms with Gasteiger partial charge in [0.15, 0.2) is 11.5 Å². The highest BCUT2D eigenvalue weighted by Crippen LogP contribution is 2.36. The molecule has 0 saturated heterocycles. The van der Waals surface area contributed by atoms with Crippen LogP contribution in [-0.2, 0) is 23.9 Å². The molecule has 1 aromatic carbocycles. The molecule has 0 heterocycles. The third-order valence-corrected chi connectivity index (χ3v) is 5.32. The van der Waals surface area contributed by atoms with Gasteiger partial charge in [-0.2, -0.15) is 0 Å². The SMILES string of the molecule is CC(C)CC(=O)OCC(C)C(c1ccc(OC(=O)CC(C)C)c(OC(=O)CC(C)C)c1)[C@H](N)C(=O)O. The van der Waals surface area contributed by atoms with Crippen LogP contribution >= 0.6 is 0 Å². The first-order valence-corrected chi connectivity index (χ1v) is 12.4. The second-order valence-electron chi connectivity index (χ2n) is 10.5. The molecule has 3 atom stereocenters. The number of hydrogen-bond donors (Lipinski definition) is 2. The van der Waals surface area contributed by atoms with Gasteiger partial charge in [0.05, 0.1) is 6.61 Å². The lowest BCUT2D eigenvalue weighted by Gasteiger charge is -2.28. The van der Waals surface area contributed by atoms with E-state index in [9.17, 15) is 24.3 Å². The summed E-state index contributed by atoms with van der Waals surface area (Å²) in [5.41, 5.74) is 6.49. The summed E-state index contributed by atoms with van der Waals surface area (Å²) in [6.07, 6.45) is 0.561. The van der Waals surface area contributed by atoms with Gasteiger partial charge in [-0.25, -0.2) is 0 Å². The van der Waals surface area contributed by atoms with Crippen molar-refractivity contribution < 1.29 is 38.5 Å². The van der Waals surface area contributed by atoms with Crippen molar-refractivity contribution >= 4 is 23.9 Å². The van der Waals surface area contributed by atoms with Crippen molar-refractivity contribution in [3.63, 3.8) is 0 Å². The van der Waals surface area contributed by atoms with Crippen molar-refractivity contribution in [2.24, 2.45) is 29.4 Å². The lowest BCUT2D eigenvalue weighted by atomic mass is 9.82.